The number of carbonyl (C=O) groups is 2. The normalized spacial score (nSPS) is 22.5. The largest absolute Gasteiger partial charge is 0.480 e. The maximum absolute atomic E-state index is 11.8. The number of rotatable bonds is 7. The fourth-order valence-corrected chi connectivity index (χ4v) is 2.61. The third-order valence-corrected chi connectivity index (χ3v) is 3.82. The Kier molecular flexibility index (Phi) is 7.01. The van der Waals surface area contributed by atoms with E-state index >= 15 is 0 Å². The van der Waals surface area contributed by atoms with Gasteiger partial charge in [0.1, 0.15) is 6.04 Å². The molecule has 0 spiro atoms. The number of β-amino-alcohol motifs (C(OH)–C–C–N with tert-alkyl or cyclic N) is 1. The first kappa shape index (κ1) is 16.1. The second-order valence-electron chi connectivity index (χ2n) is 4.68. The highest BCUT2D eigenvalue weighted by Crippen LogP contribution is 2.18. The number of likely N-dealkylation sites (tertiary alicyclic amines) is 1. The maximum atomic E-state index is 11.8. The molecule has 0 unspecified atom stereocenters. The zero-order valence-electron chi connectivity index (χ0n) is 11.2. The number of unbranched alkanes of at least 4 members (excludes halogenated alkanes) is 2. The lowest BCUT2D eigenvalue weighted by atomic mass is 10.2. The molecule has 110 valence electrons. The number of aliphatic carboxylic acids is 1. The Balaban J connectivity index is 2.26. The predicted molar refractivity (Wildman–Crippen MR) is 74.4 cm³/mol. The van der Waals surface area contributed by atoms with Crippen molar-refractivity contribution in [2.24, 2.45) is 0 Å². The van der Waals surface area contributed by atoms with E-state index in [0.29, 0.717) is 6.54 Å². The number of nitrogens with one attached hydrogen (secondary N) is 1. The Morgan fingerprint density at radius 3 is 2.74 bits per heavy atom. The van der Waals surface area contributed by atoms with E-state index in [9.17, 15) is 14.7 Å². The Labute approximate surface area is 117 Å². The van der Waals surface area contributed by atoms with Gasteiger partial charge in [-0.1, -0.05) is 6.42 Å². The number of carboxylic acid groups (broad SMARTS) is 1. The molecule has 7 heteroatoms. The highest BCUT2D eigenvalue weighted by atomic mass is 32.2. The van der Waals surface area contributed by atoms with Crippen LogP contribution in [0.4, 0.5) is 4.79 Å². The van der Waals surface area contributed by atoms with Crippen LogP contribution in [0.2, 0.25) is 0 Å². The minimum absolute atomic E-state index is 0.0925. The Hall–Kier alpha value is -0.950. The second-order valence-corrected chi connectivity index (χ2v) is 5.67. The SMILES string of the molecule is CSCCCCCNC(=O)N1C[C@H](O)C[C@@H]1C(=O)O. The number of amides is 2. The summed E-state index contributed by atoms with van der Waals surface area (Å²) in [6.45, 7) is 0.640. The van der Waals surface area contributed by atoms with Gasteiger partial charge in [0.2, 0.25) is 0 Å². The number of hydrogen-bond donors (Lipinski definition) is 3. The predicted octanol–water partition coefficient (Wildman–Crippen LogP) is 0.749. The van der Waals surface area contributed by atoms with Gasteiger partial charge in [0.15, 0.2) is 0 Å². The van der Waals surface area contributed by atoms with Crippen LogP contribution in [0.1, 0.15) is 25.7 Å². The first-order valence-electron chi connectivity index (χ1n) is 6.50. The van der Waals surface area contributed by atoms with Crippen LogP contribution in [0.15, 0.2) is 0 Å². The highest BCUT2D eigenvalue weighted by molar-refractivity contribution is 7.98. The van der Waals surface area contributed by atoms with Crippen LogP contribution in [-0.2, 0) is 4.79 Å². The molecular weight excluding hydrogens is 268 g/mol. The van der Waals surface area contributed by atoms with E-state index in [1.165, 1.54) is 4.90 Å². The van der Waals surface area contributed by atoms with Crippen LogP contribution in [0, 0.1) is 0 Å². The zero-order chi connectivity index (χ0) is 14.3. The number of carboxylic acids is 1. The Morgan fingerprint density at radius 2 is 2.11 bits per heavy atom. The van der Waals surface area contributed by atoms with Crippen LogP contribution in [0.5, 0.6) is 0 Å². The van der Waals surface area contributed by atoms with Crippen LogP contribution in [0.3, 0.4) is 0 Å². The van der Waals surface area contributed by atoms with Gasteiger partial charge in [0.25, 0.3) is 0 Å². The molecule has 0 saturated carbocycles. The summed E-state index contributed by atoms with van der Waals surface area (Å²) in [5, 5.41) is 21.1. The van der Waals surface area contributed by atoms with Gasteiger partial charge in [-0.25, -0.2) is 9.59 Å². The fraction of sp³-hybridized carbons (Fsp3) is 0.833. The number of nitrogens with zero attached hydrogens (tertiary/aromatic N) is 1. The van der Waals surface area contributed by atoms with Crippen molar-refractivity contribution in [2.75, 3.05) is 25.1 Å². The van der Waals surface area contributed by atoms with Crippen molar-refractivity contribution in [1.29, 1.82) is 0 Å². The molecule has 0 aliphatic carbocycles. The van der Waals surface area contributed by atoms with Crippen molar-refractivity contribution >= 4 is 23.8 Å². The van der Waals surface area contributed by atoms with E-state index in [1.54, 1.807) is 11.8 Å². The minimum Gasteiger partial charge on any atom is -0.480 e. The van der Waals surface area contributed by atoms with Gasteiger partial charge in [-0.2, -0.15) is 11.8 Å². The van der Waals surface area contributed by atoms with Gasteiger partial charge in [-0.15, -0.1) is 0 Å². The monoisotopic (exact) mass is 290 g/mol. The molecule has 1 aliphatic heterocycles. The van der Waals surface area contributed by atoms with Crippen LogP contribution in [-0.4, -0.2) is 64.4 Å². The molecular formula is C12H22N2O4S. The molecule has 0 aromatic heterocycles. The molecule has 3 N–H and O–H groups in total. The average molecular weight is 290 g/mol. The van der Waals surface area contributed by atoms with Gasteiger partial charge in [-0.3, -0.25) is 0 Å². The summed E-state index contributed by atoms with van der Waals surface area (Å²) in [6.07, 6.45) is 4.49. The molecule has 0 aromatic carbocycles. The molecule has 19 heavy (non-hydrogen) atoms. The molecule has 6 nitrogen and oxygen atoms in total. The molecule has 1 rings (SSSR count). The molecule has 1 saturated heterocycles. The lowest BCUT2D eigenvalue weighted by molar-refractivity contribution is -0.141. The van der Waals surface area contributed by atoms with E-state index in [2.05, 4.69) is 11.6 Å². The van der Waals surface area contributed by atoms with Gasteiger partial charge < -0.3 is 20.4 Å². The van der Waals surface area contributed by atoms with Gasteiger partial charge in [0.05, 0.1) is 6.10 Å². The molecule has 0 aromatic rings. The first-order valence-corrected chi connectivity index (χ1v) is 7.90. The fourth-order valence-electron chi connectivity index (χ4n) is 2.12. The van der Waals surface area contributed by atoms with Gasteiger partial charge >= 0.3 is 12.0 Å². The molecule has 1 fully saturated rings. The highest BCUT2D eigenvalue weighted by Gasteiger charge is 2.38. The van der Waals surface area contributed by atoms with E-state index < -0.39 is 24.1 Å². The van der Waals surface area contributed by atoms with E-state index in [0.717, 1.165) is 25.0 Å². The molecule has 2 amide bonds. The van der Waals surface area contributed by atoms with Crippen LogP contribution >= 0.6 is 11.8 Å². The summed E-state index contributed by atoms with van der Waals surface area (Å²) >= 11 is 1.80. The summed E-state index contributed by atoms with van der Waals surface area (Å²) in [5.41, 5.74) is 0. The van der Waals surface area contributed by atoms with E-state index in [-0.39, 0.29) is 13.0 Å². The van der Waals surface area contributed by atoms with Crippen molar-refractivity contribution in [3.63, 3.8) is 0 Å². The van der Waals surface area contributed by atoms with Crippen molar-refractivity contribution in [1.82, 2.24) is 10.2 Å². The Bertz CT molecular complexity index is 314. The number of hydrogen-bond acceptors (Lipinski definition) is 4. The summed E-state index contributed by atoms with van der Waals surface area (Å²) in [6, 6.07) is -1.31. The number of thioether (sulfide) groups is 1. The van der Waals surface area contributed by atoms with Crippen molar-refractivity contribution in [2.45, 2.75) is 37.8 Å². The smallest absolute Gasteiger partial charge is 0.326 e. The topological polar surface area (TPSA) is 89.9 Å². The number of carbonyl (C=O) groups excluding carboxylic acids is 1. The van der Waals surface area contributed by atoms with Crippen molar-refractivity contribution in [3.05, 3.63) is 0 Å². The Morgan fingerprint density at radius 1 is 1.37 bits per heavy atom. The molecule has 1 heterocycles. The first-order chi connectivity index (χ1) is 9.06. The lowest BCUT2D eigenvalue weighted by Gasteiger charge is -2.21. The van der Waals surface area contributed by atoms with E-state index in [4.69, 9.17) is 5.11 Å². The number of urea groups is 1. The molecule has 1 aliphatic rings. The molecule has 0 bridgehead atoms. The van der Waals surface area contributed by atoms with Gasteiger partial charge in [-0.05, 0) is 24.9 Å². The summed E-state index contributed by atoms with van der Waals surface area (Å²) in [7, 11) is 0. The van der Waals surface area contributed by atoms with E-state index in [1.807, 2.05) is 0 Å². The number of aliphatic hydroxyl groups excluding tert-OH is 1. The summed E-state index contributed by atoms with van der Waals surface area (Å²) in [4.78, 5) is 24.0. The van der Waals surface area contributed by atoms with Crippen LogP contribution < -0.4 is 5.32 Å². The van der Waals surface area contributed by atoms with Crippen LogP contribution in [0.25, 0.3) is 0 Å². The summed E-state index contributed by atoms with van der Waals surface area (Å²) in [5.74, 6) is 0.0551. The third kappa shape index (κ3) is 5.28. The molecule has 0 radical (unpaired) electrons. The lowest BCUT2D eigenvalue weighted by Crippen LogP contribution is -2.46. The average Bonchev–Trinajstić information content (AvgIpc) is 2.76. The quantitative estimate of drug-likeness (QED) is 0.602. The molecule has 2 atom stereocenters. The summed E-state index contributed by atoms with van der Waals surface area (Å²) < 4.78 is 0. The maximum Gasteiger partial charge on any atom is 0.326 e. The van der Waals surface area contributed by atoms with Crippen molar-refractivity contribution in [3.8, 4) is 0 Å². The second kappa shape index (κ2) is 8.27. The van der Waals surface area contributed by atoms with Gasteiger partial charge in [0, 0.05) is 19.5 Å². The number of aliphatic hydroxyl groups is 1. The van der Waals surface area contributed by atoms with Crippen molar-refractivity contribution < 1.29 is 19.8 Å². The minimum atomic E-state index is -1.06. The zero-order valence-corrected chi connectivity index (χ0v) is 12.0. The standard InChI is InChI=1S/C12H22N2O4S/c1-19-6-4-2-3-5-13-12(18)14-8-9(15)7-10(14)11(16)17/h9-10,15H,2-8H2,1H3,(H,13,18)(H,16,17)/t9-,10-/m1/s1. The third-order valence-electron chi connectivity index (χ3n) is 3.13.